The average Bonchev–Trinajstić information content (AvgIpc) is 3.86. The number of piperazine rings is 1. The molecule has 5 aromatic rings. The highest BCUT2D eigenvalue weighted by atomic mass is 19.4. The molecule has 15 heteroatoms. The highest BCUT2D eigenvalue weighted by molar-refractivity contribution is 6.17. The Morgan fingerprint density at radius 3 is 2.69 bits per heavy atom. The number of aromatic amines is 1. The zero-order valence-corrected chi connectivity index (χ0v) is 27.0. The van der Waals surface area contributed by atoms with Crippen LogP contribution in [0.25, 0.3) is 44.1 Å². The standard InChI is InChI=1S/C34H34F4N10O/c1-17-10-22-25(23(12-39)45-44-22)26(27(17)34(36,37)38)28-29-21(6-8-40-28)24-30(46(29)2)42-32(43-31(24)47-14-19-4-5-20(15-47)41-19)49-16-33-7-3-9-48(33)13-18(35)11-33/h6,8,10,18-20,41H,3-5,7,9,11,13-16H2,1-2H3,(H,44,45)/t18-,19?,20?,33+/m1/s1. The fourth-order valence-corrected chi connectivity index (χ4v) is 9.10. The topological polar surface area (TPSA) is 124 Å². The first-order chi connectivity index (χ1) is 23.5. The van der Waals surface area contributed by atoms with Gasteiger partial charge in [0.1, 0.15) is 30.3 Å². The molecule has 4 fully saturated rings. The van der Waals surface area contributed by atoms with Crippen LogP contribution in [0.3, 0.4) is 0 Å². The van der Waals surface area contributed by atoms with E-state index in [9.17, 15) is 22.8 Å². The normalized spacial score (nSPS) is 25.6. The van der Waals surface area contributed by atoms with Crippen LogP contribution in [0.15, 0.2) is 18.3 Å². The molecule has 254 valence electrons. The molecule has 0 spiro atoms. The predicted molar refractivity (Wildman–Crippen MR) is 174 cm³/mol. The minimum atomic E-state index is -4.75. The smallest absolute Gasteiger partial charge is 0.417 e. The average molecular weight is 675 g/mol. The number of ether oxygens (including phenoxy) is 1. The maximum Gasteiger partial charge on any atom is 0.417 e. The number of hydrogen-bond donors (Lipinski definition) is 2. The molecule has 4 saturated heterocycles. The Bertz CT molecular complexity index is 2190. The lowest BCUT2D eigenvalue weighted by molar-refractivity contribution is -0.137. The van der Waals surface area contributed by atoms with Gasteiger partial charge in [0, 0.05) is 67.7 Å². The molecule has 2 unspecified atom stereocenters. The number of H-pyrrole nitrogens is 1. The van der Waals surface area contributed by atoms with E-state index in [-0.39, 0.29) is 52.6 Å². The van der Waals surface area contributed by atoms with Crippen LogP contribution in [-0.4, -0.2) is 91.2 Å². The van der Waals surface area contributed by atoms with E-state index in [2.05, 4.69) is 30.3 Å². The van der Waals surface area contributed by atoms with Crippen LogP contribution < -0.4 is 15.0 Å². The van der Waals surface area contributed by atoms with Gasteiger partial charge in [0.25, 0.3) is 0 Å². The molecular weight excluding hydrogens is 640 g/mol. The molecule has 0 radical (unpaired) electrons. The minimum Gasteiger partial charge on any atom is -0.461 e. The third-order valence-corrected chi connectivity index (χ3v) is 11.1. The van der Waals surface area contributed by atoms with E-state index in [1.807, 2.05) is 6.07 Å². The van der Waals surface area contributed by atoms with Gasteiger partial charge >= 0.3 is 12.2 Å². The number of fused-ring (bicyclic) bond motifs is 7. The van der Waals surface area contributed by atoms with Crippen LogP contribution >= 0.6 is 0 Å². The fraction of sp³-hybridized carbons (Fsp3) is 0.500. The van der Waals surface area contributed by atoms with Gasteiger partial charge in [-0.15, -0.1) is 0 Å². The fourth-order valence-electron chi connectivity index (χ4n) is 9.10. The summed E-state index contributed by atoms with van der Waals surface area (Å²) in [5, 5.41) is 21.7. The van der Waals surface area contributed by atoms with E-state index in [1.165, 1.54) is 19.2 Å². The Kier molecular flexibility index (Phi) is 6.68. The van der Waals surface area contributed by atoms with Crippen molar-refractivity contribution < 1.29 is 22.3 Å². The van der Waals surface area contributed by atoms with Crippen LogP contribution in [0.5, 0.6) is 6.01 Å². The maximum absolute atomic E-state index is 14.9. The monoisotopic (exact) mass is 674 g/mol. The van der Waals surface area contributed by atoms with Crippen molar-refractivity contribution in [2.45, 2.75) is 69.0 Å². The third kappa shape index (κ3) is 4.60. The Morgan fingerprint density at radius 1 is 1.14 bits per heavy atom. The van der Waals surface area contributed by atoms with Gasteiger partial charge in [-0.1, -0.05) is 0 Å². The summed E-state index contributed by atoms with van der Waals surface area (Å²) in [7, 11) is 1.75. The van der Waals surface area contributed by atoms with Crippen molar-refractivity contribution in [3.63, 3.8) is 0 Å². The molecule has 4 atom stereocenters. The molecule has 0 aliphatic carbocycles. The second-order valence-electron chi connectivity index (χ2n) is 14.1. The van der Waals surface area contributed by atoms with Crippen molar-refractivity contribution in [2.75, 3.05) is 37.7 Å². The summed E-state index contributed by atoms with van der Waals surface area (Å²) < 4.78 is 67.4. The number of nitrogens with zero attached hydrogens (tertiary/aromatic N) is 8. The summed E-state index contributed by atoms with van der Waals surface area (Å²) in [6.07, 6.45) is 0.130. The SMILES string of the molecule is Cc1cc2[nH]nc(C#N)c2c(-c2nccc3c4c(N5CC6CCC(C5)N6)nc(OC[C@@]56CCCN5C[C@H](F)C6)nc4n(C)c23)c1C(F)(F)F. The van der Waals surface area contributed by atoms with Crippen LogP contribution in [0.1, 0.15) is 48.9 Å². The molecule has 2 N–H and O–H groups in total. The first-order valence-electron chi connectivity index (χ1n) is 16.7. The molecule has 2 bridgehead atoms. The number of benzene rings is 1. The van der Waals surface area contributed by atoms with Crippen molar-refractivity contribution >= 4 is 38.7 Å². The number of hydrogen-bond acceptors (Lipinski definition) is 9. The number of nitriles is 1. The van der Waals surface area contributed by atoms with Gasteiger partial charge in [-0.2, -0.15) is 33.5 Å². The predicted octanol–water partition coefficient (Wildman–Crippen LogP) is 5.15. The van der Waals surface area contributed by atoms with Gasteiger partial charge in [-0.3, -0.25) is 15.0 Å². The van der Waals surface area contributed by atoms with Crippen LogP contribution in [0.2, 0.25) is 0 Å². The van der Waals surface area contributed by atoms with E-state index in [0.717, 1.165) is 32.2 Å². The van der Waals surface area contributed by atoms with E-state index >= 15 is 0 Å². The summed E-state index contributed by atoms with van der Waals surface area (Å²) in [6, 6.07) is 5.81. The Hall–Kier alpha value is -4.55. The van der Waals surface area contributed by atoms with E-state index in [1.54, 1.807) is 17.7 Å². The van der Waals surface area contributed by atoms with Crippen LogP contribution in [0, 0.1) is 18.3 Å². The quantitative estimate of drug-likeness (QED) is 0.244. The first kappa shape index (κ1) is 30.5. The van der Waals surface area contributed by atoms with Crippen molar-refractivity contribution in [1.82, 2.24) is 39.9 Å². The Labute approximate surface area is 278 Å². The molecule has 0 amide bonds. The number of aromatic nitrogens is 6. The Balaban J connectivity index is 1.28. The molecule has 4 aliphatic rings. The number of aryl methyl sites for hydroxylation is 2. The van der Waals surface area contributed by atoms with Gasteiger partial charge in [0.15, 0.2) is 5.69 Å². The van der Waals surface area contributed by atoms with E-state index < -0.39 is 23.5 Å². The summed E-state index contributed by atoms with van der Waals surface area (Å²) in [5.74, 6) is 0.642. The minimum absolute atomic E-state index is 0.0177. The number of anilines is 1. The molecule has 49 heavy (non-hydrogen) atoms. The van der Waals surface area contributed by atoms with Crippen LogP contribution in [-0.2, 0) is 13.2 Å². The maximum atomic E-state index is 14.9. The van der Waals surface area contributed by atoms with E-state index in [4.69, 9.17) is 14.7 Å². The molecule has 9 rings (SSSR count). The largest absolute Gasteiger partial charge is 0.461 e. The first-order valence-corrected chi connectivity index (χ1v) is 16.7. The summed E-state index contributed by atoms with van der Waals surface area (Å²) >= 11 is 0. The summed E-state index contributed by atoms with van der Waals surface area (Å²) in [4.78, 5) is 18.8. The van der Waals surface area contributed by atoms with Gasteiger partial charge in [-0.25, -0.2) is 4.39 Å². The van der Waals surface area contributed by atoms with Crippen LogP contribution in [0.4, 0.5) is 23.4 Å². The zero-order chi connectivity index (χ0) is 33.8. The lowest BCUT2D eigenvalue weighted by Gasteiger charge is -2.34. The van der Waals surface area contributed by atoms with Crippen molar-refractivity contribution in [3.8, 4) is 23.3 Å². The van der Waals surface area contributed by atoms with Gasteiger partial charge in [0.2, 0.25) is 0 Å². The molecule has 4 aromatic heterocycles. The van der Waals surface area contributed by atoms with Gasteiger partial charge in [-0.05, 0) is 56.8 Å². The second-order valence-corrected chi connectivity index (χ2v) is 14.1. The summed E-state index contributed by atoms with van der Waals surface area (Å²) in [6.45, 7) is 4.27. The van der Waals surface area contributed by atoms with Crippen molar-refractivity contribution in [1.29, 1.82) is 5.26 Å². The number of pyridine rings is 1. The number of halogens is 4. The molecule has 0 saturated carbocycles. The number of nitrogens with one attached hydrogen (secondary N) is 2. The van der Waals surface area contributed by atoms with Crippen molar-refractivity contribution in [3.05, 3.63) is 35.2 Å². The summed E-state index contributed by atoms with van der Waals surface area (Å²) in [5.41, 5.74) is -0.387. The number of rotatable bonds is 5. The second kappa shape index (κ2) is 10.7. The molecule has 4 aliphatic heterocycles. The lowest BCUT2D eigenvalue weighted by Crippen LogP contribution is -2.51. The highest BCUT2D eigenvalue weighted by Crippen LogP contribution is 2.47. The molecule has 11 nitrogen and oxygen atoms in total. The Morgan fingerprint density at radius 2 is 1.94 bits per heavy atom. The van der Waals surface area contributed by atoms with Gasteiger partial charge in [0.05, 0.1) is 33.2 Å². The third-order valence-electron chi connectivity index (χ3n) is 11.1. The zero-order valence-electron chi connectivity index (χ0n) is 27.0. The lowest BCUT2D eigenvalue weighted by atomic mass is 9.92. The number of alkyl halides is 4. The molecular formula is C34H34F4N10O. The molecule has 1 aromatic carbocycles. The highest BCUT2D eigenvalue weighted by Gasteiger charge is 2.49. The van der Waals surface area contributed by atoms with E-state index in [0.29, 0.717) is 59.3 Å². The van der Waals surface area contributed by atoms with Gasteiger partial charge < -0.3 is 19.5 Å². The van der Waals surface area contributed by atoms with Crippen molar-refractivity contribution in [2.24, 2.45) is 7.05 Å². The molecule has 8 heterocycles.